The molecule has 1 aliphatic heterocycles. The third-order valence-electron chi connectivity index (χ3n) is 3.35. The Labute approximate surface area is 106 Å². The molecule has 2 heterocycles. The molecular formula is C12H19N5O. The van der Waals surface area contributed by atoms with E-state index in [4.69, 9.17) is 11.5 Å². The highest BCUT2D eigenvalue weighted by Crippen LogP contribution is 2.18. The van der Waals surface area contributed by atoms with Crippen LogP contribution in [0.3, 0.4) is 0 Å². The van der Waals surface area contributed by atoms with E-state index in [1.165, 1.54) is 12.6 Å². The second-order valence-electron chi connectivity index (χ2n) is 4.69. The Morgan fingerprint density at radius 1 is 1.67 bits per heavy atom. The first-order chi connectivity index (χ1) is 8.58. The molecule has 0 spiro atoms. The molecular weight excluding hydrogens is 230 g/mol. The molecule has 1 unspecified atom stereocenters. The molecule has 6 heteroatoms. The van der Waals surface area contributed by atoms with Gasteiger partial charge in [0.05, 0.1) is 17.4 Å². The van der Waals surface area contributed by atoms with Crippen molar-refractivity contribution >= 4 is 17.4 Å². The van der Waals surface area contributed by atoms with Crippen LogP contribution in [0.25, 0.3) is 0 Å². The van der Waals surface area contributed by atoms with E-state index in [0.717, 1.165) is 19.5 Å². The van der Waals surface area contributed by atoms with E-state index < -0.39 is 5.91 Å². The van der Waals surface area contributed by atoms with Crippen LogP contribution < -0.4 is 16.8 Å². The van der Waals surface area contributed by atoms with Gasteiger partial charge < -0.3 is 21.7 Å². The molecule has 1 atom stereocenters. The number of hydrogen-bond acceptors (Lipinski definition) is 5. The molecule has 1 saturated heterocycles. The van der Waals surface area contributed by atoms with Crippen molar-refractivity contribution < 1.29 is 4.79 Å². The Morgan fingerprint density at radius 3 is 3.06 bits per heavy atom. The van der Waals surface area contributed by atoms with Crippen LogP contribution in [0, 0.1) is 0 Å². The fraction of sp³-hybridized carbons (Fsp3) is 0.500. The molecule has 1 amide bonds. The summed E-state index contributed by atoms with van der Waals surface area (Å²) in [5.41, 5.74) is 11.7. The van der Waals surface area contributed by atoms with Crippen LogP contribution in [0.4, 0.5) is 11.5 Å². The average molecular weight is 249 g/mol. The zero-order chi connectivity index (χ0) is 13.1. The first-order valence-electron chi connectivity index (χ1n) is 6.07. The number of anilines is 2. The molecule has 1 aromatic rings. The van der Waals surface area contributed by atoms with Crippen molar-refractivity contribution in [2.75, 3.05) is 31.2 Å². The molecule has 0 aliphatic carbocycles. The van der Waals surface area contributed by atoms with E-state index in [-0.39, 0.29) is 0 Å². The van der Waals surface area contributed by atoms with Crippen LogP contribution in [0.15, 0.2) is 12.3 Å². The van der Waals surface area contributed by atoms with Crippen LogP contribution in [0.1, 0.15) is 23.2 Å². The lowest BCUT2D eigenvalue weighted by Gasteiger charge is -2.20. The molecule has 0 saturated carbocycles. The Bertz CT molecular complexity index is 448. The summed E-state index contributed by atoms with van der Waals surface area (Å²) in [6, 6.07) is 2.03. The van der Waals surface area contributed by atoms with Gasteiger partial charge in [-0.25, -0.2) is 4.98 Å². The van der Waals surface area contributed by atoms with E-state index in [9.17, 15) is 4.79 Å². The summed E-state index contributed by atoms with van der Waals surface area (Å²) in [5, 5.41) is 3.18. The number of rotatable bonds is 4. The van der Waals surface area contributed by atoms with Crippen molar-refractivity contribution in [3.8, 4) is 0 Å². The number of carbonyl (C=O) groups is 1. The zero-order valence-electron chi connectivity index (χ0n) is 10.5. The lowest BCUT2D eigenvalue weighted by molar-refractivity contribution is 0.100. The number of primary amides is 1. The summed E-state index contributed by atoms with van der Waals surface area (Å²) in [6.45, 7) is 1.87. The molecule has 5 N–H and O–H groups in total. The smallest absolute Gasteiger partial charge is 0.252 e. The highest BCUT2D eigenvalue weighted by Gasteiger charge is 2.21. The maximum absolute atomic E-state index is 11.3. The average Bonchev–Trinajstić information content (AvgIpc) is 2.73. The third-order valence-corrected chi connectivity index (χ3v) is 3.35. The summed E-state index contributed by atoms with van der Waals surface area (Å²) in [5.74, 6) is -0.00548. The standard InChI is InChI=1S/C12H19N5O/c1-17-4-2-3-9(17)7-16-12-10(11(14)18)5-8(13)6-15-12/h5-6,9H,2-4,7,13H2,1H3,(H2,14,18)(H,15,16). The molecule has 18 heavy (non-hydrogen) atoms. The van der Waals surface area contributed by atoms with Crippen molar-refractivity contribution in [1.82, 2.24) is 9.88 Å². The summed E-state index contributed by atoms with van der Waals surface area (Å²) in [7, 11) is 2.10. The molecule has 1 aliphatic rings. The first-order valence-corrected chi connectivity index (χ1v) is 6.07. The topological polar surface area (TPSA) is 97.3 Å². The van der Waals surface area contributed by atoms with Crippen molar-refractivity contribution in [3.05, 3.63) is 17.8 Å². The summed E-state index contributed by atoms with van der Waals surface area (Å²) < 4.78 is 0. The minimum Gasteiger partial charge on any atom is -0.397 e. The van der Waals surface area contributed by atoms with Gasteiger partial charge in [-0.15, -0.1) is 0 Å². The van der Waals surface area contributed by atoms with Gasteiger partial charge in [-0.3, -0.25) is 4.79 Å². The van der Waals surface area contributed by atoms with Crippen LogP contribution >= 0.6 is 0 Å². The molecule has 6 nitrogen and oxygen atoms in total. The van der Waals surface area contributed by atoms with Gasteiger partial charge in [0.15, 0.2) is 0 Å². The fourth-order valence-electron chi connectivity index (χ4n) is 2.26. The van der Waals surface area contributed by atoms with Gasteiger partial charge >= 0.3 is 0 Å². The Balaban J connectivity index is 2.06. The van der Waals surface area contributed by atoms with E-state index in [0.29, 0.717) is 23.1 Å². The molecule has 0 bridgehead atoms. The first kappa shape index (κ1) is 12.6. The molecule has 98 valence electrons. The summed E-state index contributed by atoms with van der Waals surface area (Å²) in [4.78, 5) is 17.7. The summed E-state index contributed by atoms with van der Waals surface area (Å²) >= 11 is 0. The number of nitrogens with zero attached hydrogens (tertiary/aromatic N) is 2. The van der Waals surface area contributed by atoms with Gasteiger partial charge in [0.2, 0.25) is 0 Å². The SMILES string of the molecule is CN1CCCC1CNc1ncc(N)cc1C(N)=O. The van der Waals surface area contributed by atoms with Gasteiger partial charge in [0.1, 0.15) is 5.82 Å². The van der Waals surface area contributed by atoms with Crippen molar-refractivity contribution in [2.45, 2.75) is 18.9 Å². The lowest BCUT2D eigenvalue weighted by Crippen LogP contribution is -2.32. The number of likely N-dealkylation sites (N-methyl/N-ethyl adjacent to an activating group) is 1. The minimum atomic E-state index is -0.517. The highest BCUT2D eigenvalue weighted by molar-refractivity contribution is 5.98. The maximum Gasteiger partial charge on any atom is 0.252 e. The number of amides is 1. The predicted molar refractivity (Wildman–Crippen MR) is 71.3 cm³/mol. The number of carbonyl (C=O) groups excluding carboxylic acids is 1. The summed E-state index contributed by atoms with van der Waals surface area (Å²) in [6.07, 6.45) is 3.89. The van der Waals surface area contributed by atoms with Gasteiger partial charge in [-0.1, -0.05) is 0 Å². The van der Waals surface area contributed by atoms with Gasteiger partial charge in [-0.05, 0) is 32.5 Å². The quantitative estimate of drug-likeness (QED) is 0.711. The number of nitrogen functional groups attached to an aromatic ring is 1. The fourth-order valence-corrected chi connectivity index (χ4v) is 2.26. The number of aromatic nitrogens is 1. The Morgan fingerprint density at radius 2 is 2.44 bits per heavy atom. The Kier molecular flexibility index (Phi) is 3.66. The highest BCUT2D eigenvalue weighted by atomic mass is 16.1. The van der Waals surface area contributed by atoms with E-state index >= 15 is 0 Å². The maximum atomic E-state index is 11.3. The number of likely N-dealkylation sites (tertiary alicyclic amines) is 1. The minimum absolute atomic E-state index is 0.343. The molecule has 2 rings (SSSR count). The number of hydrogen-bond donors (Lipinski definition) is 3. The van der Waals surface area contributed by atoms with E-state index in [1.54, 1.807) is 6.07 Å². The van der Waals surface area contributed by atoms with Crippen LogP contribution in [-0.2, 0) is 0 Å². The van der Waals surface area contributed by atoms with E-state index in [1.807, 2.05) is 0 Å². The second kappa shape index (κ2) is 5.22. The van der Waals surface area contributed by atoms with Crippen molar-refractivity contribution in [2.24, 2.45) is 5.73 Å². The van der Waals surface area contributed by atoms with E-state index in [2.05, 4.69) is 22.2 Å². The van der Waals surface area contributed by atoms with Crippen molar-refractivity contribution in [3.63, 3.8) is 0 Å². The molecule has 0 aromatic carbocycles. The van der Waals surface area contributed by atoms with Crippen LogP contribution in [-0.4, -0.2) is 42.0 Å². The largest absolute Gasteiger partial charge is 0.397 e. The Hall–Kier alpha value is -1.82. The number of nitrogens with two attached hydrogens (primary N) is 2. The van der Waals surface area contributed by atoms with Gasteiger partial charge in [0, 0.05) is 12.6 Å². The molecule has 1 fully saturated rings. The van der Waals surface area contributed by atoms with Crippen molar-refractivity contribution in [1.29, 1.82) is 0 Å². The molecule has 0 radical (unpaired) electrons. The van der Waals surface area contributed by atoms with Crippen LogP contribution in [0.2, 0.25) is 0 Å². The lowest BCUT2D eigenvalue weighted by atomic mass is 10.2. The zero-order valence-corrected chi connectivity index (χ0v) is 10.5. The van der Waals surface area contributed by atoms with Gasteiger partial charge in [0.25, 0.3) is 5.91 Å². The second-order valence-corrected chi connectivity index (χ2v) is 4.69. The normalized spacial score (nSPS) is 19.9. The third kappa shape index (κ3) is 2.70. The number of nitrogens with one attached hydrogen (secondary N) is 1. The monoisotopic (exact) mass is 249 g/mol. The molecule has 1 aromatic heterocycles. The predicted octanol–water partition coefficient (Wildman–Crippen LogP) is 0.269. The number of pyridine rings is 1. The van der Waals surface area contributed by atoms with Gasteiger partial charge in [-0.2, -0.15) is 0 Å². The van der Waals surface area contributed by atoms with Crippen LogP contribution in [0.5, 0.6) is 0 Å².